The lowest BCUT2D eigenvalue weighted by molar-refractivity contribution is -0.130. The summed E-state index contributed by atoms with van der Waals surface area (Å²) >= 11 is 1.32. The first kappa shape index (κ1) is 21.9. The molecule has 1 unspecified atom stereocenters. The number of amides is 1. The lowest BCUT2D eigenvalue weighted by Crippen LogP contribution is -2.43. The molecule has 1 saturated heterocycles. The van der Waals surface area contributed by atoms with Gasteiger partial charge in [0.15, 0.2) is 15.0 Å². The molecule has 1 aromatic carbocycles. The molecule has 9 heteroatoms. The number of carbonyl (C=O) groups excluding carboxylic acids is 1. The van der Waals surface area contributed by atoms with E-state index in [2.05, 4.69) is 0 Å². The Hall–Kier alpha value is -1.87. The standard InChI is InChI=1S/C23H29N3O4S2/c27-21(25(17-10-11-17)18-12-13-32(29,30)15-18)14-31-23-24-20-9-5-4-8-19(20)22(28)26(23)16-6-2-1-3-7-16/h4-5,8-9,16-18H,1-3,6-7,10-15H2. The van der Waals surface area contributed by atoms with Crippen molar-refractivity contribution in [1.29, 1.82) is 0 Å². The van der Waals surface area contributed by atoms with E-state index < -0.39 is 9.84 Å². The lowest BCUT2D eigenvalue weighted by atomic mass is 9.95. The molecule has 0 radical (unpaired) electrons. The monoisotopic (exact) mass is 475 g/mol. The molecule has 0 bridgehead atoms. The molecule has 0 N–H and O–H groups in total. The topological polar surface area (TPSA) is 89.3 Å². The van der Waals surface area contributed by atoms with Crippen LogP contribution in [0.25, 0.3) is 10.9 Å². The van der Waals surface area contributed by atoms with Gasteiger partial charge >= 0.3 is 0 Å². The second-order valence-corrected chi connectivity index (χ2v) is 12.4. The normalized spacial score (nSPS) is 23.4. The van der Waals surface area contributed by atoms with E-state index >= 15 is 0 Å². The third-order valence-corrected chi connectivity index (χ3v) is 9.56. The molecule has 3 fully saturated rings. The maximum Gasteiger partial charge on any atom is 0.262 e. The highest BCUT2D eigenvalue weighted by Gasteiger charge is 2.42. The van der Waals surface area contributed by atoms with Gasteiger partial charge in [-0.1, -0.05) is 43.2 Å². The van der Waals surface area contributed by atoms with Crippen LogP contribution in [0.15, 0.2) is 34.2 Å². The highest BCUT2D eigenvalue weighted by Crippen LogP contribution is 2.34. The minimum absolute atomic E-state index is 0.0293. The largest absolute Gasteiger partial charge is 0.335 e. The van der Waals surface area contributed by atoms with Crippen LogP contribution in [0.4, 0.5) is 0 Å². The summed E-state index contributed by atoms with van der Waals surface area (Å²) in [5.74, 6) is 0.359. The molecule has 2 heterocycles. The zero-order chi connectivity index (χ0) is 22.3. The molecule has 172 valence electrons. The van der Waals surface area contributed by atoms with Crippen LogP contribution in [0.5, 0.6) is 0 Å². The van der Waals surface area contributed by atoms with Crippen molar-refractivity contribution in [3.05, 3.63) is 34.6 Å². The molecule has 1 amide bonds. The zero-order valence-corrected chi connectivity index (χ0v) is 19.7. The van der Waals surface area contributed by atoms with E-state index in [1.54, 1.807) is 0 Å². The summed E-state index contributed by atoms with van der Waals surface area (Å²) < 4.78 is 25.8. The Kier molecular flexibility index (Phi) is 6.05. The van der Waals surface area contributed by atoms with E-state index in [0.717, 1.165) is 38.5 Å². The van der Waals surface area contributed by atoms with Crippen LogP contribution in [0.2, 0.25) is 0 Å². The third-order valence-electron chi connectivity index (χ3n) is 6.87. The summed E-state index contributed by atoms with van der Waals surface area (Å²) in [5.41, 5.74) is 0.624. The molecule has 32 heavy (non-hydrogen) atoms. The predicted molar refractivity (Wildman–Crippen MR) is 126 cm³/mol. The van der Waals surface area contributed by atoms with Gasteiger partial charge in [-0.2, -0.15) is 0 Å². The van der Waals surface area contributed by atoms with Gasteiger partial charge in [-0.15, -0.1) is 0 Å². The Balaban J connectivity index is 1.41. The van der Waals surface area contributed by atoms with Crippen molar-refractivity contribution in [1.82, 2.24) is 14.5 Å². The molecule has 1 aliphatic heterocycles. The maximum atomic E-state index is 13.4. The number of carbonyl (C=O) groups is 1. The van der Waals surface area contributed by atoms with Crippen LogP contribution in [-0.4, -0.2) is 58.1 Å². The molecule has 2 aliphatic carbocycles. The first-order valence-corrected chi connectivity index (χ1v) is 14.4. The smallest absolute Gasteiger partial charge is 0.262 e. The summed E-state index contributed by atoms with van der Waals surface area (Å²) in [6.45, 7) is 0. The molecule has 3 aliphatic rings. The number of benzene rings is 1. The second kappa shape index (κ2) is 8.82. The van der Waals surface area contributed by atoms with Crippen molar-refractivity contribution in [2.45, 2.75) is 74.6 Å². The van der Waals surface area contributed by atoms with Crippen molar-refractivity contribution in [3.8, 4) is 0 Å². The maximum absolute atomic E-state index is 13.4. The fourth-order valence-corrected chi connectivity index (χ4v) is 7.79. The number of thioether (sulfide) groups is 1. The van der Waals surface area contributed by atoms with Gasteiger partial charge < -0.3 is 4.90 Å². The number of aromatic nitrogens is 2. The second-order valence-electron chi connectivity index (χ2n) is 9.26. The molecule has 7 nitrogen and oxygen atoms in total. The van der Waals surface area contributed by atoms with E-state index in [0.29, 0.717) is 22.5 Å². The van der Waals surface area contributed by atoms with Gasteiger partial charge in [0, 0.05) is 18.1 Å². The van der Waals surface area contributed by atoms with Crippen molar-refractivity contribution < 1.29 is 13.2 Å². The summed E-state index contributed by atoms with van der Waals surface area (Å²) in [6.07, 6.45) is 7.69. The van der Waals surface area contributed by atoms with E-state index in [4.69, 9.17) is 4.98 Å². The van der Waals surface area contributed by atoms with Crippen LogP contribution < -0.4 is 5.56 Å². The van der Waals surface area contributed by atoms with Gasteiger partial charge in [-0.05, 0) is 44.2 Å². The SMILES string of the molecule is O=C(CSc1nc2ccccc2c(=O)n1C1CCCCC1)N(C1CC1)C1CCS(=O)(=O)C1. The van der Waals surface area contributed by atoms with Crippen LogP contribution in [0, 0.1) is 0 Å². The zero-order valence-electron chi connectivity index (χ0n) is 18.1. The number of fused-ring (bicyclic) bond motifs is 1. The number of rotatable bonds is 6. The van der Waals surface area contributed by atoms with Gasteiger partial charge in [0.25, 0.3) is 5.56 Å². The summed E-state index contributed by atoms with van der Waals surface area (Å²) in [7, 11) is -3.06. The first-order chi connectivity index (χ1) is 15.4. The quantitative estimate of drug-likeness (QED) is 0.471. The summed E-state index contributed by atoms with van der Waals surface area (Å²) in [6, 6.07) is 7.44. The summed E-state index contributed by atoms with van der Waals surface area (Å²) in [4.78, 5) is 33.2. The Morgan fingerprint density at radius 2 is 1.81 bits per heavy atom. The number of hydrogen-bond donors (Lipinski definition) is 0. The van der Waals surface area contributed by atoms with Crippen molar-refractivity contribution >= 4 is 38.4 Å². The van der Waals surface area contributed by atoms with Crippen molar-refractivity contribution in [2.75, 3.05) is 17.3 Å². The number of sulfone groups is 1. The van der Waals surface area contributed by atoms with Crippen LogP contribution in [0.3, 0.4) is 0 Å². The Morgan fingerprint density at radius 3 is 2.50 bits per heavy atom. The molecule has 2 aromatic rings. The number of para-hydroxylation sites is 1. The van der Waals surface area contributed by atoms with E-state index in [1.165, 1.54) is 18.2 Å². The molecular formula is C23H29N3O4S2. The van der Waals surface area contributed by atoms with E-state index in [9.17, 15) is 18.0 Å². The Bertz CT molecular complexity index is 1180. The lowest BCUT2D eigenvalue weighted by Gasteiger charge is -2.29. The molecular weight excluding hydrogens is 446 g/mol. The van der Waals surface area contributed by atoms with Gasteiger partial charge in [-0.25, -0.2) is 13.4 Å². The highest BCUT2D eigenvalue weighted by molar-refractivity contribution is 7.99. The Labute approximate surface area is 192 Å². The fraction of sp³-hybridized carbons (Fsp3) is 0.609. The molecule has 1 atom stereocenters. The predicted octanol–water partition coefficient (Wildman–Crippen LogP) is 3.17. The van der Waals surface area contributed by atoms with Gasteiger partial charge in [0.1, 0.15) is 0 Å². The average molecular weight is 476 g/mol. The van der Waals surface area contributed by atoms with E-state index in [-0.39, 0.29) is 46.9 Å². The molecule has 5 rings (SSSR count). The van der Waals surface area contributed by atoms with Crippen LogP contribution >= 0.6 is 11.8 Å². The third kappa shape index (κ3) is 4.46. The first-order valence-electron chi connectivity index (χ1n) is 11.6. The molecule has 1 aromatic heterocycles. The van der Waals surface area contributed by atoms with Gasteiger partial charge in [-0.3, -0.25) is 14.2 Å². The fourth-order valence-electron chi connectivity index (χ4n) is 5.14. The van der Waals surface area contributed by atoms with Crippen LogP contribution in [-0.2, 0) is 14.6 Å². The van der Waals surface area contributed by atoms with Crippen LogP contribution in [0.1, 0.15) is 57.4 Å². The van der Waals surface area contributed by atoms with Gasteiger partial charge in [0.2, 0.25) is 5.91 Å². The van der Waals surface area contributed by atoms with Crippen molar-refractivity contribution in [2.24, 2.45) is 0 Å². The number of nitrogens with zero attached hydrogens (tertiary/aromatic N) is 3. The molecule has 2 saturated carbocycles. The van der Waals surface area contributed by atoms with Gasteiger partial charge in [0.05, 0.1) is 28.2 Å². The number of hydrogen-bond acceptors (Lipinski definition) is 6. The minimum atomic E-state index is -3.06. The minimum Gasteiger partial charge on any atom is -0.335 e. The average Bonchev–Trinajstić information content (AvgIpc) is 3.55. The highest BCUT2D eigenvalue weighted by atomic mass is 32.2. The van der Waals surface area contributed by atoms with E-state index in [1.807, 2.05) is 33.7 Å². The molecule has 0 spiro atoms. The Morgan fingerprint density at radius 1 is 1.06 bits per heavy atom. The van der Waals surface area contributed by atoms with Crippen molar-refractivity contribution in [3.63, 3.8) is 0 Å². The summed E-state index contributed by atoms with van der Waals surface area (Å²) in [5, 5.41) is 1.22.